The molecule has 29 heavy (non-hydrogen) atoms. The molecule has 1 amide bonds. The predicted octanol–water partition coefficient (Wildman–Crippen LogP) is 4.36. The van der Waals surface area contributed by atoms with Gasteiger partial charge in [-0.15, -0.1) is 0 Å². The Morgan fingerprint density at radius 2 is 1.66 bits per heavy atom. The summed E-state index contributed by atoms with van der Waals surface area (Å²) in [5, 5.41) is 17.2. The lowest BCUT2D eigenvalue weighted by atomic mass is 10.1. The number of anilines is 3. The molecule has 0 radical (unpaired) electrons. The number of ether oxygens (including phenoxy) is 2. The van der Waals surface area contributed by atoms with Crippen molar-refractivity contribution in [3.8, 4) is 11.5 Å². The van der Waals surface area contributed by atoms with Crippen molar-refractivity contribution >= 4 is 28.7 Å². The number of nitrogens with one attached hydrogen (secondary N) is 2. The van der Waals surface area contributed by atoms with Gasteiger partial charge in [0.05, 0.1) is 4.92 Å². The fraction of sp³-hybridized carbons (Fsp3) is 0.0952. The molecule has 0 aliphatic carbocycles. The van der Waals surface area contributed by atoms with Gasteiger partial charge in [0.25, 0.3) is 11.6 Å². The van der Waals surface area contributed by atoms with Crippen molar-refractivity contribution in [3.63, 3.8) is 0 Å². The van der Waals surface area contributed by atoms with Crippen LogP contribution in [0, 0.1) is 10.1 Å². The van der Waals surface area contributed by atoms with Crippen LogP contribution in [0.4, 0.5) is 22.7 Å². The van der Waals surface area contributed by atoms with Crippen molar-refractivity contribution in [2.75, 3.05) is 23.8 Å². The van der Waals surface area contributed by atoms with E-state index in [0.29, 0.717) is 41.8 Å². The molecule has 1 heterocycles. The molecule has 4 rings (SSSR count). The van der Waals surface area contributed by atoms with Gasteiger partial charge in [-0.25, -0.2) is 0 Å². The smallest absolute Gasteiger partial charge is 0.293 e. The highest BCUT2D eigenvalue weighted by Gasteiger charge is 2.19. The molecule has 8 heteroatoms. The van der Waals surface area contributed by atoms with E-state index >= 15 is 0 Å². The van der Waals surface area contributed by atoms with Gasteiger partial charge in [-0.1, -0.05) is 18.2 Å². The fourth-order valence-electron chi connectivity index (χ4n) is 2.93. The van der Waals surface area contributed by atoms with Crippen molar-refractivity contribution in [2.24, 2.45) is 0 Å². The van der Waals surface area contributed by atoms with Gasteiger partial charge >= 0.3 is 0 Å². The number of nitro benzene ring substituents is 1. The maximum Gasteiger partial charge on any atom is 0.293 e. The van der Waals surface area contributed by atoms with Gasteiger partial charge in [-0.2, -0.15) is 0 Å². The predicted molar refractivity (Wildman–Crippen MR) is 108 cm³/mol. The number of carbonyl (C=O) groups excluding carboxylic acids is 1. The SMILES string of the molecule is O=C(Nc1ccc2c(c1)OCCO2)c1ccc(Nc2ccccc2)c([N+](=O)[O-])c1. The third-order valence-electron chi connectivity index (χ3n) is 4.31. The third-order valence-corrected chi connectivity index (χ3v) is 4.31. The van der Waals surface area contributed by atoms with Crippen LogP contribution in [0.2, 0.25) is 0 Å². The lowest BCUT2D eigenvalue weighted by Crippen LogP contribution is -2.16. The summed E-state index contributed by atoms with van der Waals surface area (Å²) in [5.74, 6) is 0.694. The molecular formula is C21H17N3O5. The van der Waals surface area contributed by atoms with Crippen LogP contribution in [-0.4, -0.2) is 24.0 Å². The number of benzene rings is 3. The molecule has 146 valence electrons. The van der Waals surface area contributed by atoms with E-state index in [1.54, 1.807) is 30.3 Å². The molecule has 8 nitrogen and oxygen atoms in total. The van der Waals surface area contributed by atoms with Gasteiger partial charge < -0.3 is 20.1 Å². The van der Waals surface area contributed by atoms with E-state index in [4.69, 9.17) is 9.47 Å². The van der Waals surface area contributed by atoms with Gasteiger partial charge in [0.15, 0.2) is 11.5 Å². The largest absolute Gasteiger partial charge is 0.486 e. The van der Waals surface area contributed by atoms with Crippen LogP contribution in [0.1, 0.15) is 10.4 Å². The van der Waals surface area contributed by atoms with Gasteiger partial charge in [0, 0.05) is 29.1 Å². The molecule has 0 saturated carbocycles. The molecule has 0 spiro atoms. The van der Waals surface area contributed by atoms with Gasteiger partial charge in [0.1, 0.15) is 18.9 Å². The van der Waals surface area contributed by atoms with Crippen molar-refractivity contribution in [2.45, 2.75) is 0 Å². The number of nitrogens with zero attached hydrogens (tertiary/aromatic N) is 1. The minimum absolute atomic E-state index is 0.171. The third kappa shape index (κ3) is 4.11. The molecule has 0 aromatic heterocycles. The Balaban J connectivity index is 1.55. The van der Waals surface area contributed by atoms with Crippen LogP contribution in [0.15, 0.2) is 66.7 Å². The van der Waals surface area contributed by atoms with Crippen LogP contribution in [-0.2, 0) is 0 Å². The van der Waals surface area contributed by atoms with Gasteiger partial charge in [-0.05, 0) is 36.4 Å². The topological polar surface area (TPSA) is 103 Å². The average molecular weight is 391 g/mol. The molecule has 1 aliphatic heterocycles. The van der Waals surface area contributed by atoms with E-state index in [2.05, 4.69) is 10.6 Å². The molecule has 0 unspecified atom stereocenters. The zero-order chi connectivity index (χ0) is 20.2. The van der Waals surface area contributed by atoms with E-state index in [-0.39, 0.29) is 11.3 Å². The number of carbonyl (C=O) groups is 1. The summed E-state index contributed by atoms with van der Waals surface area (Å²) in [6, 6.07) is 18.4. The summed E-state index contributed by atoms with van der Waals surface area (Å²) in [5.41, 5.74) is 1.50. The zero-order valence-electron chi connectivity index (χ0n) is 15.3. The van der Waals surface area contributed by atoms with Crippen LogP contribution < -0.4 is 20.1 Å². The van der Waals surface area contributed by atoms with Crippen LogP contribution in [0.5, 0.6) is 11.5 Å². The van der Waals surface area contributed by atoms with E-state index in [0.717, 1.165) is 0 Å². The first-order chi connectivity index (χ1) is 14.1. The number of hydrogen-bond donors (Lipinski definition) is 2. The van der Waals surface area contributed by atoms with E-state index in [1.165, 1.54) is 18.2 Å². The number of fused-ring (bicyclic) bond motifs is 1. The number of rotatable bonds is 5. The summed E-state index contributed by atoms with van der Waals surface area (Å²) in [7, 11) is 0. The molecule has 2 N–H and O–H groups in total. The number of amides is 1. The van der Waals surface area contributed by atoms with Crippen LogP contribution in [0.3, 0.4) is 0 Å². The molecular weight excluding hydrogens is 374 g/mol. The quantitative estimate of drug-likeness (QED) is 0.495. The van der Waals surface area contributed by atoms with E-state index < -0.39 is 10.8 Å². The van der Waals surface area contributed by atoms with Crippen LogP contribution >= 0.6 is 0 Å². The Morgan fingerprint density at radius 3 is 2.41 bits per heavy atom. The Labute approximate surface area is 166 Å². The Morgan fingerprint density at radius 1 is 0.897 bits per heavy atom. The second-order valence-electron chi connectivity index (χ2n) is 6.29. The van der Waals surface area contributed by atoms with Crippen molar-refractivity contribution < 1.29 is 19.2 Å². The summed E-state index contributed by atoms with van der Waals surface area (Å²) in [6.45, 7) is 0.915. The van der Waals surface area contributed by atoms with Crippen molar-refractivity contribution in [1.29, 1.82) is 0 Å². The lowest BCUT2D eigenvalue weighted by molar-refractivity contribution is -0.383. The molecule has 3 aromatic rings. The summed E-state index contributed by atoms with van der Waals surface area (Å²) >= 11 is 0. The Kier molecular flexibility index (Phi) is 4.98. The van der Waals surface area contributed by atoms with E-state index in [1.807, 2.05) is 18.2 Å². The summed E-state index contributed by atoms with van der Waals surface area (Å²) in [6.07, 6.45) is 0. The molecule has 1 aliphatic rings. The highest BCUT2D eigenvalue weighted by Crippen LogP contribution is 2.33. The molecule has 0 atom stereocenters. The maximum absolute atomic E-state index is 12.6. The number of nitro groups is 1. The first-order valence-corrected chi connectivity index (χ1v) is 8.92. The molecule has 0 fully saturated rings. The second-order valence-corrected chi connectivity index (χ2v) is 6.29. The lowest BCUT2D eigenvalue weighted by Gasteiger charge is -2.19. The Hall–Kier alpha value is -4.07. The average Bonchev–Trinajstić information content (AvgIpc) is 2.74. The second kappa shape index (κ2) is 7.89. The minimum Gasteiger partial charge on any atom is -0.486 e. The minimum atomic E-state index is -0.522. The standard InChI is InChI=1S/C21H17N3O5/c25-21(23-16-7-9-19-20(13-16)29-11-10-28-19)14-6-8-17(18(12-14)24(26)27)22-15-4-2-1-3-5-15/h1-9,12-13,22H,10-11H2,(H,23,25). The summed E-state index contributed by atoms with van der Waals surface area (Å²) in [4.78, 5) is 23.6. The number of para-hydroxylation sites is 1. The van der Waals surface area contributed by atoms with Crippen molar-refractivity contribution in [3.05, 3.63) is 82.4 Å². The molecule has 0 bridgehead atoms. The zero-order valence-corrected chi connectivity index (χ0v) is 15.3. The highest BCUT2D eigenvalue weighted by atomic mass is 16.6. The number of hydrogen-bond acceptors (Lipinski definition) is 6. The van der Waals surface area contributed by atoms with E-state index in [9.17, 15) is 14.9 Å². The molecule has 0 saturated heterocycles. The maximum atomic E-state index is 12.6. The monoisotopic (exact) mass is 391 g/mol. The summed E-state index contributed by atoms with van der Waals surface area (Å²) < 4.78 is 11.0. The fourth-order valence-corrected chi connectivity index (χ4v) is 2.93. The normalized spacial score (nSPS) is 12.1. The highest BCUT2D eigenvalue weighted by molar-refractivity contribution is 6.05. The van der Waals surface area contributed by atoms with Gasteiger partial charge in [0.2, 0.25) is 0 Å². The van der Waals surface area contributed by atoms with Gasteiger partial charge in [-0.3, -0.25) is 14.9 Å². The first-order valence-electron chi connectivity index (χ1n) is 8.92. The van der Waals surface area contributed by atoms with Crippen LogP contribution in [0.25, 0.3) is 0 Å². The van der Waals surface area contributed by atoms with Crippen molar-refractivity contribution in [1.82, 2.24) is 0 Å². The Bertz CT molecular complexity index is 1070. The first kappa shape index (κ1) is 18.3. The molecule has 3 aromatic carbocycles.